The Labute approximate surface area is 117 Å². The van der Waals surface area contributed by atoms with Crippen molar-refractivity contribution in [3.8, 4) is 0 Å². The van der Waals surface area contributed by atoms with E-state index in [1.54, 1.807) is 12.4 Å². The third kappa shape index (κ3) is 2.27. The van der Waals surface area contributed by atoms with Crippen LogP contribution in [0.5, 0.6) is 0 Å². The summed E-state index contributed by atoms with van der Waals surface area (Å²) in [4.78, 5) is 19.8. The molecular weight excluding hydrogens is 252 g/mol. The third-order valence-electron chi connectivity index (χ3n) is 3.72. The summed E-state index contributed by atoms with van der Waals surface area (Å²) in [7, 11) is 0. The number of nitrogens with zero attached hydrogens (tertiary/aromatic N) is 1. The van der Waals surface area contributed by atoms with Crippen LogP contribution >= 0.6 is 0 Å². The summed E-state index contributed by atoms with van der Waals surface area (Å²) in [6, 6.07) is 7.89. The first-order chi connectivity index (χ1) is 9.79. The number of rotatable bonds is 4. The van der Waals surface area contributed by atoms with Crippen LogP contribution in [0.15, 0.2) is 36.7 Å². The molecule has 1 aromatic heterocycles. The number of H-pyrrole nitrogens is 1. The summed E-state index contributed by atoms with van der Waals surface area (Å²) >= 11 is 0. The summed E-state index contributed by atoms with van der Waals surface area (Å²) in [5.74, 6) is 0.723. The smallest absolute Gasteiger partial charge is 0.230 e. The predicted octanol–water partition coefficient (Wildman–Crippen LogP) is 2.19. The standard InChI is InChI=1S/C15H18N4O/c1-2-12(14-16-7-8-17-14)19-15(20)11-9-18-13-6-4-3-5-10(11)13/h3-8,11-12,18H,2,9H2,1H3,(H,16,17)(H,19,20). The molecule has 1 amide bonds. The first kappa shape index (κ1) is 12.7. The van der Waals surface area contributed by atoms with Crippen LogP contribution in [0, 0.1) is 0 Å². The van der Waals surface area contributed by atoms with Gasteiger partial charge in [-0.2, -0.15) is 0 Å². The topological polar surface area (TPSA) is 69.8 Å². The molecule has 0 saturated carbocycles. The van der Waals surface area contributed by atoms with Crippen LogP contribution in [-0.2, 0) is 4.79 Å². The van der Waals surface area contributed by atoms with Crippen molar-refractivity contribution in [2.24, 2.45) is 0 Å². The second-order valence-corrected chi connectivity index (χ2v) is 4.96. The number of carbonyl (C=O) groups excluding carboxylic acids is 1. The minimum absolute atomic E-state index is 0.0469. The summed E-state index contributed by atoms with van der Waals surface area (Å²) in [6.07, 6.45) is 4.29. The summed E-state index contributed by atoms with van der Waals surface area (Å²) < 4.78 is 0. The Bertz CT molecular complexity index is 594. The monoisotopic (exact) mass is 270 g/mol. The lowest BCUT2D eigenvalue weighted by Gasteiger charge is -2.18. The van der Waals surface area contributed by atoms with E-state index in [4.69, 9.17) is 0 Å². The molecule has 2 atom stereocenters. The molecule has 1 aliphatic heterocycles. The molecule has 1 aliphatic rings. The molecule has 0 radical (unpaired) electrons. The van der Waals surface area contributed by atoms with Crippen molar-refractivity contribution in [1.82, 2.24) is 15.3 Å². The molecule has 1 aromatic carbocycles. The van der Waals surface area contributed by atoms with Crippen molar-refractivity contribution >= 4 is 11.6 Å². The normalized spacial score (nSPS) is 18.1. The van der Waals surface area contributed by atoms with Gasteiger partial charge >= 0.3 is 0 Å². The number of anilines is 1. The number of benzene rings is 1. The fourth-order valence-electron chi connectivity index (χ4n) is 2.62. The SMILES string of the molecule is CCC(NC(=O)C1CNc2ccccc21)c1ncc[nH]1. The Morgan fingerprint density at radius 2 is 2.35 bits per heavy atom. The molecule has 104 valence electrons. The first-order valence-corrected chi connectivity index (χ1v) is 6.92. The van der Waals surface area contributed by atoms with Crippen LogP contribution in [0.1, 0.15) is 36.7 Å². The molecule has 5 heteroatoms. The van der Waals surface area contributed by atoms with Gasteiger partial charge in [0.25, 0.3) is 0 Å². The fourth-order valence-corrected chi connectivity index (χ4v) is 2.62. The molecule has 0 aliphatic carbocycles. The van der Waals surface area contributed by atoms with Gasteiger partial charge in [0, 0.05) is 24.6 Å². The van der Waals surface area contributed by atoms with Crippen molar-refractivity contribution in [2.45, 2.75) is 25.3 Å². The van der Waals surface area contributed by atoms with Gasteiger partial charge in [-0.3, -0.25) is 4.79 Å². The van der Waals surface area contributed by atoms with Gasteiger partial charge < -0.3 is 15.6 Å². The molecule has 3 rings (SSSR count). The van der Waals surface area contributed by atoms with Crippen LogP contribution in [-0.4, -0.2) is 22.4 Å². The maximum Gasteiger partial charge on any atom is 0.230 e. The Morgan fingerprint density at radius 3 is 3.10 bits per heavy atom. The molecule has 3 N–H and O–H groups in total. The number of imidazole rings is 1. The zero-order chi connectivity index (χ0) is 13.9. The summed E-state index contributed by atoms with van der Waals surface area (Å²) in [5, 5.41) is 6.35. The van der Waals surface area contributed by atoms with Gasteiger partial charge in [0.05, 0.1) is 12.0 Å². The second kappa shape index (κ2) is 5.36. The lowest BCUT2D eigenvalue weighted by molar-refractivity contribution is -0.123. The van der Waals surface area contributed by atoms with E-state index in [0.29, 0.717) is 6.54 Å². The molecule has 2 aromatic rings. The zero-order valence-corrected chi connectivity index (χ0v) is 11.4. The van der Waals surface area contributed by atoms with E-state index in [1.807, 2.05) is 31.2 Å². The number of nitrogens with one attached hydrogen (secondary N) is 3. The van der Waals surface area contributed by atoms with Gasteiger partial charge in [-0.05, 0) is 18.1 Å². The quantitative estimate of drug-likeness (QED) is 0.797. The maximum absolute atomic E-state index is 12.5. The average molecular weight is 270 g/mol. The first-order valence-electron chi connectivity index (χ1n) is 6.92. The number of hydrogen-bond donors (Lipinski definition) is 3. The number of aromatic nitrogens is 2. The van der Waals surface area contributed by atoms with Crippen LogP contribution < -0.4 is 10.6 Å². The Balaban J connectivity index is 1.74. The van der Waals surface area contributed by atoms with E-state index in [0.717, 1.165) is 23.5 Å². The minimum atomic E-state index is -0.129. The highest BCUT2D eigenvalue weighted by molar-refractivity contribution is 5.88. The molecular formula is C15H18N4O. The predicted molar refractivity (Wildman–Crippen MR) is 77.4 cm³/mol. The van der Waals surface area contributed by atoms with Gasteiger partial charge in [-0.15, -0.1) is 0 Å². The third-order valence-corrected chi connectivity index (χ3v) is 3.72. The van der Waals surface area contributed by atoms with Crippen LogP contribution in [0.25, 0.3) is 0 Å². The van der Waals surface area contributed by atoms with Gasteiger partial charge in [0.15, 0.2) is 0 Å². The minimum Gasteiger partial charge on any atom is -0.384 e. The second-order valence-electron chi connectivity index (χ2n) is 4.96. The van der Waals surface area contributed by atoms with Gasteiger partial charge in [0.2, 0.25) is 5.91 Å². The maximum atomic E-state index is 12.5. The van der Waals surface area contributed by atoms with Crippen molar-refractivity contribution in [3.05, 3.63) is 48.0 Å². The Hall–Kier alpha value is -2.30. The molecule has 2 heterocycles. The van der Waals surface area contributed by atoms with Crippen molar-refractivity contribution < 1.29 is 4.79 Å². The molecule has 0 bridgehead atoms. The molecule has 5 nitrogen and oxygen atoms in total. The van der Waals surface area contributed by atoms with Crippen LogP contribution in [0.3, 0.4) is 0 Å². The van der Waals surface area contributed by atoms with Gasteiger partial charge in [0.1, 0.15) is 5.82 Å². The number of hydrogen-bond acceptors (Lipinski definition) is 3. The lowest BCUT2D eigenvalue weighted by atomic mass is 10.00. The van der Waals surface area contributed by atoms with Crippen LogP contribution in [0.4, 0.5) is 5.69 Å². The molecule has 0 spiro atoms. The highest BCUT2D eigenvalue weighted by Crippen LogP contribution is 2.31. The Kier molecular flexibility index (Phi) is 3.41. The van der Waals surface area contributed by atoms with E-state index in [-0.39, 0.29) is 17.9 Å². The largest absolute Gasteiger partial charge is 0.384 e. The number of carbonyl (C=O) groups is 1. The highest BCUT2D eigenvalue weighted by atomic mass is 16.2. The number of fused-ring (bicyclic) bond motifs is 1. The van der Waals surface area contributed by atoms with Gasteiger partial charge in [-0.25, -0.2) is 4.98 Å². The molecule has 0 saturated heterocycles. The van der Waals surface area contributed by atoms with E-state index >= 15 is 0 Å². The average Bonchev–Trinajstić information content (AvgIpc) is 3.13. The molecule has 0 fully saturated rings. The van der Waals surface area contributed by atoms with Gasteiger partial charge in [-0.1, -0.05) is 25.1 Å². The Morgan fingerprint density at radius 1 is 1.50 bits per heavy atom. The van der Waals surface area contributed by atoms with Crippen molar-refractivity contribution in [1.29, 1.82) is 0 Å². The van der Waals surface area contributed by atoms with E-state index in [2.05, 4.69) is 20.6 Å². The van der Waals surface area contributed by atoms with E-state index in [1.165, 1.54) is 0 Å². The van der Waals surface area contributed by atoms with Crippen LogP contribution in [0.2, 0.25) is 0 Å². The molecule has 2 unspecified atom stereocenters. The summed E-state index contributed by atoms with van der Waals surface area (Å²) in [6.45, 7) is 2.69. The number of amides is 1. The van der Waals surface area contributed by atoms with E-state index in [9.17, 15) is 4.79 Å². The van der Waals surface area contributed by atoms with Crippen molar-refractivity contribution in [3.63, 3.8) is 0 Å². The fraction of sp³-hybridized carbons (Fsp3) is 0.333. The van der Waals surface area contributed by atoms with E-state index < -0.39 is 0 Å². The summed E-state index contributed by atoms with van der Waals surface area (Å²) in [5.41, 5.74) is 2.12. The number of aromatic amines is 1. The number of para-hydroxylation sites is 1. The zero-order valence-electron chi connectivity index (χ0n) is 11.4. The molecule has 20 heavy (non-hydrogen) atoms. The highest BCUT2D eigenvalue weighted by Gasteiger charge is 2.29. The van der Waals surface area contributed by atoms with Crippen molar-refractivity contribution in [2.75, 3.05) is 11.9 Å². The lowest BCUT2D eigenvalue weighted by Crippen LogP contribution is -2.34.